The Hall–Kier alpha value is -3.56. The van der Waals surface area contributed by atoms with Gasteiger partial charge in [0.2, 0.25) is 5.91 Å². The molecule has 33 heavy (non-hydrogen) atoms. The molecule has 0 unspecified atom stereocenters. The van der Waals surface area contributed by atoms with Gasteiger partial charge in [0.25, 0.3) is 0 Å². The molecule has 1 amide bonds. The fraction of sp³-hybridized carbons (Fsp3) is 0.269. The van der Waals surface area contributed by atoms with E-state index in [1.807, 2.05) is 44.2 Å². The van der Waals surface area contributed by atoms with E-state index in [0.29, 0.717) is 39.5 Å². The van der Waals surface area contributed by atoms with Crippen molar-refractivity contribution in [1.29, 1.82) is 5.26 Å². The van der Waals surface area contributed by atoms with Crippen LogP contribution in [-0.2, 0) is 15.0 Å². The van der Waals surface area contributed by atoms with Crippen LogP contribution in [-0.4, -0.2) is 11.7 Å². The maximum Gasteiger partial charge on any atom is 0.245 e. The summed E-state index contributed by atoms with van der Waals surface area (Å²) < 4.78 is 0. The summed E-state index contributed by atoms with van der Waals surface area (Å²) in [7, 11) is 0. The van der Waals surface area contributed by atoms with Crippen LogP contribution in [0.4, 0.5) is 11.4 Å². The molecule has 2 heterocycles. The number of nitrogens with zero attached hydrogens (tertiary/aromatic N) is 2. The van der Waals surface area contributed by atoms with Crippen molar-refractivity contribution in [3.05, 3.63) is 81.3 Å². The highest BCUT2D eigenvalue weighted by Crippen LogP contribution is 2.57. The lowest BCUT2D eigenvalue weighted by atomic mass is 9.60. The molecule has 0 bridgehead atoms. The summed E-state index contributed by atoms with van der Waals surface area (Å²) in [5, 5.41) is 13.7. The minimum absolute atomic E-state index is 0.0520. The number of amides is 1. The molecule has 166 valence electrons. The van der Waals surface area contributed by atoms with Gasteiger partial charge >= 0.3 is 0 Å². The molecule has 2 aliphatic heterocycles. The lowest BCUT2D eigenvalue weighted by molar-refractivity contribution is -0.123. The predicted octanol–water partition coefficient (Wildman–Crippen LogP) is 4.70. The smallest absolute Gasteiger partial charge is 0.245 e. The van der Waals surface area contributed by atoms with Crippen LogP contribution in [0.2, 0.25) is 5.02 Å². The summed E-state index contributed by atoms with van der Waals surface area (Å²) in [6.07, 6.45) is 0.795. The van der Waals surface area contributed by atoms with E-state index in [1.54, 1.807) is 24.0 Å². The molecule has 2 aromatic carbocycles. The average Bonchev–Trinajstić information content (AvgIpc) is 3.04. The highest BCUT2D eigenvalue weighted by atomic mass is 35.5. The third-order valence-corrected chi connectivity index (χ3v) is 7.29. The second-order valence-electron chi connectivity index (χ2n) is 9.60. The van der Waals surface area contributed by atoms with Gasteiger partial charge in [-0.25, -0.2) is 0 Å². The normalized spacial score (nSPS) is 23.4. The van der Waals surface area contributed by atoms with Crippen LogP contribution >= 0.6 is 11.6 Å². The molecule has 3 aliphatic rings. The molecule has 7 heteroatoms. The summed E-state index contributed by atoms with van der Waals surface area (Å²) in [6, 6.07) is 15.0. The number of hydrogen-bond donors (Lipinski definition) is 2. The second kappa shape index (κ2) is 6.97. The first-order valence-corrected chi connectivity index (χ1v) is 11.1. The average molecular weight is 459 g/mol. The molecule has 1 aliphatic carbocycles. The first-order chi connectivity index (χ1) is 15.6. The van der Waals surface area contributed by atoms with Crippen molar-refractivity contribution in [1.82, 2.24) is 0 Å². The van der Waals surface area contributed by atoms with E-state index >= 15 is 0 Å². The third kappa shape index (κ3) is 2.72. The quantitative estimate of drug-likeness (QED) is 0.645. The van der Waals surface area contributed by atoms with Gasteiger partial charge in [0, 0.05) is 34.0 Å². The van der Waals surface area contributed by atoms with Gasteiger partial charge in [-0.3, -0.25) is 14.5 Å². The first-order valence-electron chi connectivity index (χ1n) is 10.8. The highest BCUT2D eigenvalue weighted by molar-refractivity contribution is 6.32. The van der Waals surface area contributed by atoms with Crippen LogP contribution in [0, 0.1) is 23.7 Å². The van der Waals surface area contributed by atoms with Gasteiger partial charge < -0.3 is 11.1 Å². The van der Waals surface area contributed by atoms with E-state index < -0.39 is 11.3 Å². The molecule has 0 aromatic heterocycles. The summed E-state index contributed by atoms with van der Waals surface area (Å²) in [5.41, 5.74) is 8.29. The zero-order valence-corrected chi connectivity index (χ0v) is 19.4. The van der Waals surface area contributed by atoms with Gasteiger partial charge in [0.1, 0.15) is 17.3 Å². The van der Waals surface area contributed by atoms with Gasteiger partial charge in [-0.1, -0.05) is 49.7 Å². The standard InChI is InChI=1S/C26H23ClN4O2/c1-14-18(27)10-9-16-22(14)30-24(33)26(16)17(13-28)23(29)31(15-7-5-4-6-8-15)19-11-25(2,3)12-20(32)21(19)26/h4-10H,11-12,29H2,1-3H3,(H,30,33)/t26-/m0/s1. The molecule has 5 rings (SSSR count). The van der Waals surface area contributed by atoms with Gasteiger partial charge in [-0.15, -0.1) is 0 Å². The molecule has 0 fully saturated rings. The molecule has 2 aromatic rings. The fourth-order valence-electron chi connectivity index (χ4n) is 5.48. The van der Waals surface area contributed by atoms with Gasteiger partial charge in [-0.2, -0.15) is 5.26 Å². The Morgan fingerprint density at radius 2 is 1.82 bits per heavy atom. The Morgan fingerprint density at radius 3 is 2.48 bits per heavy atom. The number of benzene rings is 2. The van der Waals surface area contributed by atoms with E-state index in [1.165, 1.54) is 0 Å². The summed E-state index contributed by atoms with van der Waals surface area (Å²) in [6.45, 7) is 5.85. The Labute approximate surface area is 197 Å². The van der Waals surface area contributed by atoms with E-state index in [0.717, 1.165) is 5.69 Å². The lowest BCUT2D eigenvalue weighted by Gasteiger charge is -2.46. The number of carbonyl (C=O) groups is 2. The number of hydrogen-bond acceptors (Lipinski definition) is 5. The number of anilines is 2. The molecule has 0 radical (unpaired) electrons. The van der Waals surface area contributed by atoms with Crippen LogP contribution in [0.1, 0.15) is 37.8 Å². The molecular weight excluding hydrogens is 436 g/mol. The number of rotatable bonds is 1. The number of nitrogens with two attached hydrogens (primary N) is 1. The van der Waals surface area contributed by atoms with Gasteiger partial charge in [0.15, 0.2) is 5.78 Å². The van der Waals surface area contributed by atoms with Crippen molar-refractivity contribution < 1.29 is 9.59 Å². The maximum absolute atomic E-state index is 13.8. The third-order valence-electron chi connectivity index (χ3n) is 6.88. The maximum atomic E-state index is 13.8. The molecule has 1 atom stereocenters. The zero-order valence-electron chi connectivity index (χ0n) is 18.6. The number of ketones is 1. The number of fused-ring (bicyclic) bond motifs is 3. The van der Waals surface area contributed by atoms with E-state index in [9.17, 15) is 14.9 Å². The number of halogens is 1. The first kappa shape index (κ1) is 21.3. The minimum Gasteiger partial charge on any atom is -0.384 e. The summed E-state index contributed by atoms with van der Waals surface area (Å²) in [4.78, 5) is 29.4. The zero-order chi connectivity index (χ0) is 23.7. The Kier molecular flexibility index (Phi) is 4.50. The number of para-hydroxylation sites is 1. The largest absolute Gasteiger partial charge is 0.384 e. The number of nitrogens with one attached hydrogen (secondary N) is 1. The molecule has 0 saturated carbocycles. The number of carbonyl (C=O) groups excluding carboxylic acids is 2. The summed E-state index contributed by atoms with van der Waals surface area (Å²) in [5.74, 6) is -0.447. The Bertz CT molecular complexity index is 1350. The van der Waals surface area contributed by atoms with E-state index in [2.05, 4.69) is 11.4 Å². The van der Waals surface area contributed by atoms with E-state index in [4.69, 9.17) is 17.3 Å². The molecule has 3 N–H and O–H groups in total. The van der Waals surface area contributed by atoms with Crippen molar-refractivity contribution in [2.24, 2.45) is 11.1 Å². The van der Waals surface area contributed by atoms with Crippen LogP contribution in [0.25, 0.3) is 0 Å². The van der Waals surface area contributed by atoms with Gasteiger partial charge in [-0.05, 0) is 42.5 Å². The van der Waals surface area contributed by atoms with Crippen LogP contribution < -0.4 is 16.0 Å². The van der Waals surface area contributed by atoms with Crippen molar-refractivity contribution >= 4 is 34.7 Å². The van der Waals surface area contributed by atoms with Crippen LogP contribution in [0.5, 0.6) is 0 Å². The van der Waals surface area contributed by atoms with Gasteiger partial charge in [0.05, 0.1) is 11.3 Å². The molecular formula is C26H23ClN4O2. The SMILES string of the molecule is Cc1c(Cl)ccc2c1NC(=O)[C@]21C(C#N)=C(N)N(c2ccccc2)C2=C1C(=O)CC(C)(C)C2. The fourth-order valence-corrected chi connectivity index (χ4v) is 5.64. The Morgan fingerprint density at radius 1 is 1.12 bits per heavy atom. The minimum atomic E-state index is -1.60. The highest BCUT2D eigenvalue weighted by Gasteiger charge is 2.61. The lowest BCUT2D eigenvalue weighted by Crippen LogP contribution is -2.52. The molecule has 0 saturated heterocycles. The topological polar surface area (TPSA) is 99.2 Å². The number of allylic oxidation sites excluding steroid dienone is 1. The molecule has 6 nitrogen and oxygen atoms in total. The van der Waals surface area contributed by atoms with Crippen molar-refractivity contribution in [2.45, 2.75) is 39.0 Å². The van der Waals surface area contributed by atoms with Crippen LogP contribution in [0.3, 0.4) is 0 Å². The monoisotopic (exact) mass is 458 g/mol. The number of Topliss-reactive ketones (excluding diaryl/α,β-unsaturated/α-hetero) is 1. The Balaban J connectivity index is 1.92. The van der Waals surface area contributed by atoms with Crippen molar-refractivity contribution in [3.63, 3.8) is 0 Å². The van der Waals surface area contributed by atoms with E-state index in [-0.39, 0.29) is 29.0 Å². The molecule has 1 spiro atoms. The van der Waals surface area contributed by atoms with Crippen molar-refractivity contribution in [3.8, 4) is 6.07 Å². The van der Waals surface area contributed by atoms with Crippen LogP contribution in [0.15, 0.2) is 65.1 Å². The number of nitriles is 1. The van der Waals surface area contributed by atoms with Crippen molar-refractivity contribution in [2.75, 3.05) is 10.2 Å². The predicted molar refractivity (Wildman–Crippen MR) is 127 cm³/mol. The summed E-state index contributed by atoms with van der Waals surface area (Å²) >= 11 is 6.33. The second-order valence-corrected chi connectivity index (χ2v) is 10.0.